The molecule has 0 N–H and O–H groups in total. The zero-order valence-corrected chi connectivity index (χ0v) is 14.0. The highest BCUT2D eigenvalue weighted by molar-refractivity contribution is 7.91. The van der Waals surface area contributed by atoms with Crippen molar-refractivity contribution in [3.05, 3.63) is 52.7 Å². The van der Waals surface area contributed by atoms with Crippen LogP contribution in [0.3, 0.4) is 0 Å². The minimum absolute atomic E-state index is 0.114. The molecule has 0 fully saturated rings. The maximum Gasteiger partial charge on any atom is 0.417 e. The minimum atomic E-state index is -4.61. The third-order valence-electron chi connectivity index (χ3n) is 3.62. The summed E-state index contributed by atoms with van der Waals surface area (Å²) in [4.78, 5) is 19.8. The second-order valence-electron chi connectivity index (χ2n) is 5.25. The van der Waals surface area contributed by atoms with E-state index in [1.807, 2.05) is 0 Å². The average molecular weight is 384 g/mol. The fraction of sp³-hybridized carbons (Fsp3) is 0.200. The van der Waals surface area contributed by atoms with Gasteiger partial charge in [0.15, 0.2) is 15.7 Å². The SMILES string of the molecule is CCS(=O)(=O)c1cccnc1-n1ncc2cc(C(F)(F)F)cnc2c1=O. The first-order chi connectivity index (χ1) is 12.1. The molecule has 3 aromatic rings. The molecule has 0 aliphatic heterocycles. The Hall–Kier alpha value is -2.82. The summed E-state index contributed by atoms with van der Waals surface area (Å²) in [6.07, 6.45) is -1.78. The molecule has 26 heavy (non-hydrogen) atoms. The van der Waals surface area contributed by atoms with Crippen LogP contribution in [0.5, 0.6) is 0 Å². The van der Waals surface area contributed by atoms with Gasteiger partial charge in [0, 0.05) is 17.8 Å². The molecule has 136 valence electrons. The van der Waals surface area contributed by atoms with Crippen LogP contribution < -0.4 is 5.56 Å². The van der Waals surface area contributed by atoms with Gasteiger partial charge in [-0.05, 0) is 18.2 Å². The number of pyridine rings is 2. The summed E-state index contributed by atoms with van der Waals surface area (Å²) in [6, 6.07) is 3.43. The van der Waals surface area contributed by atoms with Crippen molar-refractivity contribution in [3.63, 3.8) is 0 Å². The molecule has 0 aliphatic carbocycles. The zero-order chi connectivity index (χ0) is 19.1. The van der Waals surface area contributed by atoms with E-state index in [0.717, 1.165) is 12.3 Å². The Morgan fingerprint density at radius 3 is 2.58 bits per heavy atom. The van der Waals surface area contributed by atoms with Crippen LogP contribution in [0, 0.1) is 0 Å². The lowest BCUT2D eigenvalue weighted by Gasteiger charge is -2.10. The Bertz CT molecular complexity index is 1160. The summed E-state index contributed by atoms with van der Waals surface area (Å²) in [7, 11) is -3.70. The molecule has 0 unspecified atom stereocenters. The van der Waals surface area contributed by atoms with Gasteiger partial charge < -0.3 is 0 Å². The van der Waals surface area contributed by atoms with Crippen LogP contribution in [0.1, 0.15) is 12.5 Å². The van der Waals surface area contributed by atoms with Gasteiger partial charge in [-0.2, -0.15) is 23.0 Å². The van der Waals surface area contributed by atoms with E-state index in [1.54, 1.807) is 0 Å². The van der Waals surface area contributed by atoms with Crippen LogP contribution in [-0.2, 0) is 16.0 Å². The van der Waals surface area contributed by atoms with Crippen LogP contribution in [-0.4, -0.2) is 33.9 Å². The lowest BCUT2D eigenvalue weighted by Crippen LogP contribution is -2.25. The Balaban J connectivity index is 2.27. The van der Waals surface area contributed by atoms with E-state index >= 15 is 0 Å². The Morgan fingerprint density at radius 1 is 1.19 bits per heavy atom. The fourth-order valence-electron chi connectivity index (χ4n) is 2.28. The highest BCUT2D eigenvalue weighted by Gasteiger charge is 2.31. The van der Waals surface area contributed by atoms with Gasteiger partial charge in [-0.25, -0.2) is 18.4 Å². The maximum absolute atomic E-state index is 12.8. The molecule has 3 aromatic heterocycles. The van der Waals surface area contributed by atoms with Crippen molar-refractivity contribution in [3.8, 4) is 5.82 Å². The van der Waals surface area contributed by atoms with Crippen LogP contribution in [0.2, 0.25) is 0 Å². The number of fused-ring (bicyclic) bond motifs is 1. The average Bonchev–Trinajstić information content (AvgIpc) is 2.61. The monoisotopic (exact) mass is 384 g/mol. The topological polar surface area (TPSA) is 94.8 Å². The number of aromatic nitrogens is 4. The molecule has 3 rings (SSSR count). The highest BCUT2D eigenvalue weighted by Crippen LogP contribution is 2.29. The molecule has 0 spiro atoms. The van der Waals surface area contributed by atoms with Gasteiger partial charge in [-0.15, -0.1) is 0 Å². The normalized spacial score (nSPS) is 12.5. The predicted octanol–water partition coefficient (Wildman–Crippen LogP) is 1.99. The second-order valence-corrected chi connectivity index (χ2v) is 7.50. The smallest absolute Gasteiger partial charge is 0.265 e. The molecule has 0 radical (unpaired) electrons. The van der Waals surface area contributed by atoms with Crippen molar-refractivity contribution in [2.24, 2.45) is 0 Å². The molecule has 0 amide bonds. The van der Waals surface area contributed by atoms with Crippen LogP contribution in [0.4, 0.5) is 13.2 Å². The first-order valence-electron chi connectivity index (χ1n) is 7.28. The van der Waals surface area contributed by atoms with E-state index in [1.165, 1.54) is 25.3 Å². The van der Waals surface area contributed by atoms with E-state index in [-0.39, 0.29) is 27.4 Å². The van der Waals surface area contributed by atoms with Gasteiger partial charge >= 0.3 is 6.18 Å². The molecule has 7 nitrogen and oxygen atoms in total. The number of rotatable bonds is 3. The molecular formula is C15H11F3N4O3S. The van der Waals surface area contributed by atoms with Crippen LogP contribution in [0.25, 0.3) is 16.7 Å². The van der Waals surface area contributed by atoms with Crippen LogP contribution in [0.15, 0.2) is 46.5 Å². The predicted molar refractivity (Wildman–Crippen MR) is 85.7 cm³/mol. The summed E-state index contributed by atoms with van der Waals surface area (Å²) in [5.41, 5.74) is -2.17. The molecule has 0 aliphatic rings. The summed E-state index contributed by atoms with van der Waals surface area (Å²) in [5, 5.41) is 3.66. The van der Waals surface area contributed by atoms with Gasteiger partial charge in [0.05, 0.1) is 17.5 Å². The summed E-state index contributed by atoms with van der Waals surface area (Å²) >= 11 is 0. The third-order valence-corrected chi connectivity index (χ3v) is 5.37. The fourth-order valence-corrected chi connectivity index (χ4v) is 3.29. The molecule has 3 heterocycles. The molecule has 0 aromatic carbocycles. The summed E-state index contributed by atoms with van der Waals surface area (Å²) in [6.45, 7) is 1.43. The molecular weight excluding hydrogens is 373 g/mol. The van der Waals surface area contributed by atoms with Crippen LogP contribution >= 0.6 is 0 Å². The number of hydrogen-bond acceptors (Lipinski definition) is 6. The molecule has 0 bridgehead atoms. The number of halogens is 3. The van der Waals surface area contributed by atoms with E-state index < -0.39 is 27.1 Å². The number of hydrogen-bond donors (Lipinski definition) is 0. The highest BCUT2D eigenvalue weighted by atomic mass is 32.2. The molecule has 0 saturated carbocycles. The minimum Gasteiger partial charge on any atom is -0.265 e. The van der Waals surface area contributed by atoms with E-state index in [9.17, 15) is 26.4 Å². The largest absolute Gasteiger partial charge is 0.417 e. The van der Waals surface area contributed by atoms with Crippen molar-refractivity contribution in [1.29, 1.82) is 0 Å². The zero-order valence-electron chi connectivity index (χ0n) is 13.2. The Kier molecular flexibility index (Phi) is 4.26. The lowest BCUT2D eigenvalue weighted by molar-refractivity contribution is -0.137. The first kappa shape index (κ1) is 18.0. The van der Waals surface area contributed by atoms with Gasteiger partial charge in [0.1, 0.15) is 10.4 Å². The van der Waals surface area contributed by atoms with Gasteiger partial charge in [-0.1, -0.05) is 6.92 Å². The van der Waals surface area contributed by atoms with E-state index in [0.29, 0.717) is 10.9 Å². The molecule has 11 heteroatoms. The number of sulfone groups is 1. The van der Waals surface area contributed by atoms with Gasteiger partial charge in [-0.3, -0.25) is 4.79 Å². The maximum atomic E-state index is 12.8. The second kappa shape index (κ2) is 6.16. The van der Waals surface area contributed by atoms with Crippen molar-refractivity contribution in [1.82, 2.24) is 19.7 Å². The van der Waals surface area contributed by atoms with E-state index in [2.05, 4.69) is 15.1 Å². The molecule has 0 saturated heterocycles. The van der Waals surface area contributed by atoms with Crippen molar-refractivity contribution < 1.29 is 21.6 Å². The quantitative estimate of drug-likeness (QED) is 0.685. The number of nitrogens with zero attached hydrogens (tertiary/aromatic N) is 4. The third kappa shape index (κ3) is 3.05. The summed E-state index contributed by atoms with van der Waals surface area (Å²) in [5.74, 6) is -0.454. The lowest BCUT2D eigenvalue weighted by atomic mass is 10.2. The molecule has 0 atom stereocenters. The van der Waals surface area contributed by atoms with Gasteiger partial charge in [0.25, 0.3) is 5.56 Å². The Morgan fingerprint density at radius 2 is 1.92 bits per heavy atom. The number of alkyl halides is 3. The summed E-state index contributed by atoms with van der Waals surface area (Å²) < 4.78 is 63.4. The Labute approximate surface area is 145 Å². The van der Waals surface area contributed by atoms with E-state index in [4.69, 9.17) is 0 Å². The van der Waals surface area contributed by atoms with Crippen molar-refractivity contribution in [2.45, 2.75) is 18.0 Å². The van der Waals surface area contributed by atoms with Crippen molar-refractivity contribution >= 4 is 20.7 Å². The van der Waals surface area contributed by atoms with Gasteiger partial charge in [0.2, 0.25) is 0 Å². The van der Waals surface area contributed by atoms with Crippen molar-refractivity contribution in [2.75, 3.05) is 5.75 Å². The first-order valence-corrected chi connectivity index (χ1v) is 8.94. The standard InChI is InChI=1S/C15H11F3N4O3S/c1-2-26(24,25)11-4-3-5-19-13(11)22-14(23)12-9(7-21-22)6-10(8-20-12)15(16,17)18/h3-8H,2H2,1H3.